The van der Waals surface area contributed by atoms with Gasteiger partial charge < -0.3 is 10.6 Å². The van der Waals surface area contributed by atoms with Crippen LogP contribution < -0.4 is 5.73 Å². The molecular weight excluding hydrogens is 258 g/mol. The molecule has 1 aliphatic rings. The maximum absolute atomic E-state index is 12.6. The third kappa shape index (κ3) is 3.54. The molecule has 0 unspecified atom stereocenters. The van der Waals surface area contributed by atoms with Crippen molar-refractivity contribution in [3.8, 4) is 0 Å². The Labute approximate surface area is 119 Å². The number of aromatic nitrogens is 1. The number of nitrogens with two attached hydrogens (primary N) is 1. The average Bonchev–Trinajstić information content (AvgIpc) is 2.68. The maximum Gasteiger partial charge on any atom is 0.265 e. The molecule has 0 bridgehead atoms. The Morgan fingerprint density at radius 2 is 2.32 bits per heavy atom. The summed E-state index contributed by atoms with van der Waals surface area (Å²) in [6.07, 6.45) is 2.89. The topological polar surface area (TPSA) is 59.2 Å². The Balaban J connectivity index is 2.18. The van der Waals surface area contributed by atoms with Crippen molar-refractivity contribution >= 4 is 17.2 Å². The molecule has 1 fully saturated rings. The highest BCUT2D eigenvalue weighted by atomic mass is 32.1. The van der Waals surface area contributed by atoms with E-state index in [4.69, 9.17) is 5.73 Å². The molecule has 2 rings (SSSR count). The molecule has 1 amide bonds. The summed E-state index contributed by atoms with van der Waals surface area (Å²) >= 11 is 1.52. The van der Waals surface area contributed by atoms with Crippen molar-refractivity contribution in [1.29, 1.82) is 0 Å². The van der Waals surface area contributed by atoms with Gasteiger partial charge in [-0.3, -0.25) is 4.79 Å². The van der Waals surface area contributed by atoms with Gasteiger partial charge in [-0.15, -0.1) is 11.3 Å². The van der Waals surface area contributed by atoms with Crippen LogP contribution in [0.25, 0.3) is 0 Å². The highest BCUT2D eigenvalue weighted by Crippen LogP contribution is 2.24. The fraction of sp³-hybridized carbons (Fsp3) is 0.714. The summed E-state index contributed by atoms with van der Waals surface area (Å²) < 4.78 is 0. The number of hydrogen-bond acceptors (Lipinski definition) is 4. The van der Waals surface area contributed by atoms with E-state index in [2.05, 4.69) is 18.8 Å². The number of rotatable bonds is 3. The number of amides is 1. The molecule has 1 aromatic rings. The van der Waals surface area contributed by atoms with Gasteiger partial charge in [-0.1, -0.05) is 13.8 Å². The number of hydrogen-bond donors (Lipinski definition) is 1. The summed E-state index contributed by atoms with van der Waals surface area (Å²) in [5.41, 5.74) is 6.92. The lowest BCUT2D eigenvalue weighted by Crippen LogP contribution is -2.45. The van der Waals surface area contributed by atoms with Gasteiger partial charge in [0.2, 0.25) is 0 Å². The number of thiazole rings is 1. The van der Waals surface area contributed by atoms with E-state index >= 15 is 0 Å². The molecule has 1 aliphatic heterocycles. The molecular formula is C14H23N3OS. The van der Waals surface area contributed by atoms with Crippen molar-refractivity contribution in [2.45, 2.75) is 46.1 Å². The first-order chi connectivity index (χ1) is 8.97. The molecule has 0 saturated carbocycles. The molecule has 2 N–H and O–H groups in total. The lowest BCUT2D eigenvalue weighted by molar-refractivity contribution is 0.0712. The molecule has 1 aromatic heterocycles. The van der Waals surface area contributed by atoms with Crippen LogP contribution in [-0.4, -0.2) is 34.9 Å². The number of likely N-dealkylation sites (tertiary alicyclic amines) is 1. The predicted octanol–water partition coefficient (Wildman–Crippen LogP) is 2.21. The highest BCUT2D eigenvalue weighted by molar-refractivity contribution is 7.13. The zero-order chi connectivity index (χ0) is 14.0. The van der Waals surface area contributed by atoms with Gasteiger partial charge in [0.25, 0.3) is 5.91 Å². The van der Waals surface area contributed by atoms with Crippen LogP contribution in [0, 0.1) is 12.8 Å². The molecule has 0 aliphatic carbocycles. The number of nitrogens with zero attached hydrogens (tertiary/aromatic N) is 2. The molecule has 1 atom stereocenters. The van der Waals surface area contributed by atoms with E-state index in [9.17, 15) is 4.79 Å². The van der Waals surface area contributed by atoms with Crippen LogP contribution in [0.4, 0.5) is 0 Å². The highest BCUT2D eigenvalue weighted by Gasteiger charge is 2.26. The third-order valence-electron chi connectivity index (χ3n) is 3.35. The zero-order valence-corrected chi connectivity index (χ0v) is 12.8. The number of carbonyl (C=O) groups excluding carboxylic acids is 1. The van der Waals surface area contributed by atoms with Gasteiger partial charge in [0.05, 0.1) is 10.7 Å². The molecule has 1 saturated heterocycles. The minimum Gasteiger partial charge on any atom is -0.336 e. The standard InChI is InChI=1S/C14H23N3OS/c1-9(2)7-12-13(19-10(3)16-12)14(18)17-6-4-5-11(15)8-17/h9,11H,4-8,15H2,1-3H3/t11-/m0/s1. The second kappa shape index (κ2) is 6.01. The number of carbonyl (C=O) groups is 1. The molecule has 106 valence electrons. The third-order valence-corrected chi connectivity index (χ3v) is 4.35. The van der Waals surface area contributed by atoms with Gasteiger partial charge in [-0.05, 0) is 32.1 Å². The second-order valence-electron chi connectivity index (χ2n) is 5.76. The first-order valence-corrected chi connectivity index (χ1v) is 7.80. The van der Waals surface area contributed by atoms with Crippen molar-refractivity contribution < 1.29 is 4.79 Å². The Morgan fingerprint density at radius 1 is 1.58 bits per heavy atom. The second-order valence-corrected chi connectivity index (χ2v) is 6.96. The van der Waals surface area contributed by atoms with Crippen molar-refractivity contribution in [3.05, 3.63) is 15.6 Å². The van der Waals surface area contributed by atoms with E-state index < -0.39 is 0 Å². The quantitative estimate of drug-likeness (QED) is 0.924. The van der Waals surface area contributed by atoms with Crippen LogP contribution in [-0.2, 0) is 6.42 Å². The lowest BCUT2D eigenvalue weighted by Gasteiger charge is -2.30. The van der Waals surface area contributed by atoms with E-state index in [0.29, 0.717) is 12.5 Å². The van der Waals surface area contributed by atoms with Crippen LogP contribution in [0.5, 0.6) is 0 Å². The molecule has 5 heteroatoms. The minimum atomic E-state index is 0.122. The summed E-state index contributed by atoms with van der Waals surface area (Å²) in [6, 6.07) is 0.125. The lowest BCUT2D eigenvalue weighted by atomic mass is 10.0. The SMILES string of the molecule is Cc1nc(CC(C)C)c(C(=O)N2CCC[C@H](N)C2)s1. The monoisotopic (exact) mass is 281 g/mol. The normalized spacial score (nSPS) is 20.1. The minimum absolute atomic E-state index is 0.122. The molecule has 0 radical (unpaired) electrons. The van der Waals surface area contributed by atoms with Crippen molar-refractivity contribution in [2.75, 3.05) is 13.1 Å². The Morgan fingerprint density at radius 3 is 2.95 bits per heavy atom. The Hall–Kier alpha value is -0.940. The maximum atomic E-state index is 12.6. The molecule has 2 heterocycles. The van der Waals surface area contributed by atoms with E-state index in [1.165, 1.54) is 11.3 Å². The largest absolute Gasteiger partial charge is 0.336 e. The smallest absolute Gasteiger partial charge is 0.265 e. The van der Waals surface area contributed by atoms with Gasteiger partial charge in [-0.2, -0.15) is 0 Å². The first kappa shape index (κ1) is 14.5. The van der Waals surface area contributed by atoms with E-state index in [1.54, 1.807) is 0 Å². The predicted molar refractivity (Wildman–Crippen MR) is 78.5 cm³/mol. The molecule has 0 aromatic carbocycles. The summed E-state index contributed by atoms with van der Waals surface area (Å²) in [5, 5.41) is 0.973. The zero-order valence-electron chi connectivity index (χ0n) is 12.0. The van der Waals surface area contributed by atoms with Gasteiger partial charge in [0.15, 0.2) is 0 Å². The number of piperidine rings is 1. The molecule has 4 nitrogen and oxygen atoms in total. The van der Waals surface area contributed by atoms with Crippen LogP contribution in [0.15, 0.2) is 0 Å². The molecule has 19 heavy (non-hydrogen) atoms. The summed E-state index contributed by atoms with van der Waals surface area (Å²) in [4.78, 5) is 19.8. The Bertz CT molecular complexity index is 456. The van der Waals surface area contributed by atoms with Crippen LogP contribution >= 0.6 is 11.3 Å². The van der Waals surface area contributed by atoms with Crippen LogP contribution in [0.3, 0.4) is 0 Å². The van der Waals surface area contributed by atoms with E-state index in [1.807, 2.05) is 11.8 Å². The van der Waals surface area contributed by atoms with Crippen molar-refractivity contribution in [1.82, 2.24) is 9.88 Å². The van der Waals surface area contributed by atoms with E-state index in [0.717, 1.165) is 41.4 Å². The van der Waals surface area contributed by atoms with Gasteiger partial charge in [-0.25, -0.2) is 4.98 Å². The van der Waals surface area contributed by atoms with Gasteiger partial charge >= 0.3 is 0 Å². The first-order valence-electron chi connectivity index (χ1n) is 6.98. The van der Waals surface area contributed by atoms with Crippen molar-refractivity contribution in [3.63, 3.8) is 0 Å². The van der Waals surface area contributed by atoms with Crippen molar-refractivity contribution in [2.24, 2.45) is 11.7 Å². The van der Waals surface area contributed by atoms with E-state index in [-0.39, 0.29) is 11.9 Å². The number of aryl methyl sites for hydroxylation is 1. The summed E-state index contributed by atoms with van der Waals surface area (Å²) in [6.45, 7) is 7.77. The fourth-order valence-corrected chi connectivity index (χ4v) is 3.41. The Kier molecular flexibility index (Phi) is 4.58. The van der Waals surface area contributed by atoms with Crippen LogP contribution in [0.1, 0.15) is 47.1 Å². The van der Waals surface area contributed by atoms with Gasteiger partial charge in [0.1, 0.15) is 4.88 Å². The van der Waals surface area contributed by atoms with Gasteiger partial charge in [0, 0.05) is 19.1 Å². The fourth-order valence-electron chi connectivity index (χ4n) is 2.50. The summed E-state index contributed by atoms with van der Waals surface area (Å²) in [7, 11) is 0. The van der Waals surface area contributed by atoms with Crippen LogP contribution in [0.2, 0.25) is 0 Å². The molecule has 0 spiro atoms. The summed E-state index contributed by atoms with van der Waals surface area (Å²) in [5.74, 6) is 0.632. The average molecular weight is 281 g/mol.